The van der Waals surface area contributed by atoms with Crippen molar-refractivity contribution in [1.82, 2.24) is 9.88 Å². The third-order valence-corrected chi connectivity index (χ3v) is 5.69. The highest BCUT2D eigenvalue weighted by atomic mass is 16.5. The zero-order valence-electron chi connectivity index (χ0n) is 19.3. The quantitative estimate of drug-likeness (QED) is 0.432. The van der Waals surface area contributed by atoms with E-state index >= 15 is 0 Å². The number of methoxy groups -OCH3 is 3. The van der Waals surface area contributed by atoms with Gasteiger partial charge >= 0.3 is 0 Å². The molecule has 3 aromatic carbocycles. The number of amides is 1. The van der Waals surface area contributed by atoms with Gasteiger partial charge in [-0.2, -0.15) is 0 Å². The number of hydrogen-bond acceptors (Lipinski definition) is 5. The minimum atomic E-state index is -0.258. The minimum absolute atomic E-state index is 0.194. The molecule has 174 valence electrons. The normalized spacial score (nSPS) is 10.7. The first kappa shape index (κ1) is 22.9. The highest BCUT2D eigenvalue weighted by Crippen LogP contribution is 2.25. The fourth-order valence-corrected chi connectivity index (χ4v) is 3.87. The van der Waals surface area contributed by atoms with Crippen LogP contribution in [-0.4, -0.2) is 38.3 Å². The number of pyridine rings is 1. The second kappa shape index (κ2) is 10.1. The Labute approximate surface area is 197 Å². The zero-order chi connectivity index (χ0) is 24.1. The summed E-state index contributed by atoms with van der Waals surface area (Å²) < 4.78 is 17.4. The lowest BCUT2D eigenvalue weighted by atomic mass is 10.1. The Kier molecular flexibility index (Phi) is 6.82. The molecule has 1 amide bonds. The van der Waals surface area contributed by atoms with Gasteiger partial charge in [0.2, 0.25) is 0 Å². The van der Waals surface area contributed by atoms with Crippen LogP contribution in [0.5, 0.6) is 17.2 Å². The van der Waals surface area contributed by atoms with E-state index in [1.807, 2.05) is 24.3 Å². The van der Waals surface area contributed by atoms with Crippen molar-refractivity contribution < 1.29 is 19.0 Å². The van der Waals surface area contributed by atoms with Crippen LogP contribution in [0, 0.1) is 0 Å². The summed E-state index contributed by atoms with van der Waals surface area (Å²) in [4.78, 5) is 26.4. The first-order valence-electron chi connectivity index (χ1n) is 10.8. The van der Waals surface area contributed by atoms with Gasteiger partial charge in [-0.25, -0.2) is 0 Å². The summed E-state index contributed by atoms with van der Waals surface area (Å²) in [6.07, 6.45) is 2.17. The van der Waals surface area contributed by atoms with Gasteiger partial charge in [-0.1, -0.05) is 24.3 Å². The van der Waals surface area contributed by atoms with Gasteiger partial charge in [-0.15, -0.1) is 0 Å². The van der Waals surface area contributed by atoms with Crippen LogP contribution in [0.2, 0.25) is 0 Å². The molecule has 7 nitrogen and oxygen atoms in total. The number of benzene rings is 3. The number of hydrogen-bond donors (Lipinski definition) is 1. The Bertz CT molecular complexity index is 1380. The summed E-state index contributed by atoms with van der Waals surface area (Å²) in [7, 11) is 4.79. The lowest BCUT2D eigenvalue weighted by Gasteiger charge is -2.14. The molecule has 0 saturated carbocycles. The minimum Gasteiger partial charge on any atom is -0.497 e. The fraction of sp³-hybridized carbons (Fsp3) is 0.185. The van der Waals surface area contributed by atoms with E-state index in [0.717, 1.165) is 5.56 Å². The number of ether oxygens (including phenoxy) is 3. The van der Waals surface area contributed by atoms with Gasteiger partial charge < -0.3 is 19.5 Å². The summed E-state index contributed by atoms with van der Waals surface area (Å²) in [5, 5.41) is 4.06. The molecular weight excluding hydrogens is 432 g/mol. The maximum absolute atomic E-state index is 13.2. The van der Waals surface area contributed by atoms with Gasteiger partial charge in [0.05, 0.1) is 26.9 Å². The average Bonchev–Trinajstić information content (AvgIpc) is 2.89. The van der Waals surface area contributed by atoms with E-state index in [1.165, 1.54) is 4.57 Å². The number of fused-ring (bicyclic) bond motifs is 1. The van der Waals surface area contributed by atoms with Gasteiger partial charge in [0.15, 0.2) is 0 Å². The number of carbonyl (C=O) groups is 1. The van der Waals surface area contributed by atoms with E-state index in [9.17, 15) is 9.59 Å². The van der Waals surface area contributed by atoms with Crippen LogP contribution in [-0.2, 0) is 6.42 Å². The summed E-state index contributed by atoms with van der Waals surface area (Å²) >= 11 is 0. The van der Waals surface area contributed by atoms with E-state index in [4.69, 9.17) is 14.2 Å². The molecule has 4 aromatic rings. The SMILES string of the molecule is COc1ccc(-n2cc(C(=O)NCCc3ccc(OC)cc3OC)c3ccccc3c2=O)cc1. The van der Waals surface area contributed by atoms with E-state index in [1.54, 1.807) is 70.0 Å². The lowest BCUT2D eigenvalue weighted by molar-refractivity contribution is 0.0955. The maximum atomic E-state index is 13.2. The third kappa shape index (κ3) is 4.59. The molecular formula is C27H26N2O5. The predicted octanol–water partition coefficient (Wildman–Crippen LogP) is 3.99. The maximum Gasteiger partial charge on any atom is 0.262 e. The van der Waals surface area contributed by atoms with Crippen molar-refractivity contribution in [1.29, 1.82) is 0 Å². The first-order chi connectivity index (χ1) is 16.5. The monoisotopic (exact) mass is 458 g/mol. The van der Waals surface area contributed by atoms with Crippen LogP contribution in [0.25, 0.3) is 16.5 Å². The molecule has 0 spiro atoms. The number of aromatic nitrogens is 1. The average molecular weight is 459 g/mol. The molecule has 0 aliphatic carbocycles. The molecule has 4 rings (SSSR count). The molecule has 0 fully saturated rings. The van der Waals surface area contributed by atoms with Crippen molar-refractivity contribution in [2.75, 3.05) is 27.9 Å². The van der Waals surface area contributed by atoms with Gasteiger partial charge in [0.1, 0.15) is 17.2 Å². The second-order valence-corrected chi connectivity index (χ2v) is 7.65. The Morgan fingerprint density at radius 1 is 0.853 bits per heavy atom. The largest absolute Gasteiger partial charge is 0.497 e. The number of nitrogens with zero attached hydrogens (tertiary/aromatic N) is 1. The van der Waals surface area contributed by atoms with Gasteiger partial charge in [0, 0.05) is 35.3 Å². The number of rotatable bonds is 8. The molecule has 0 radical (unpaired) electrons. The van der Waals surface area contributed by atoms with Crippen LogP contribution in [0.1, 0.15) is 15.9 Å². The van der Waals surface area contributed by atoms with Crippen LogP contribution >= 0.6 is 0 Å². The van der Waals surface area contributed by atoms with Gasteiger partial charge in [-0.3, -0.25) is 14.2 Å². The molecule has 1 N–H and O–H groups in total. The second-order valence-electron chi connectivity index (χ2n) is 7.65. The van der Waals surface area contributed by atoms with Crippen molar-refractivity contribution in [3.8, 4) is 22.9 Å². The molecule has 1 aromatic heterocycles. The third-order valence-electron chi connectivity index (χ3n) is 5.69. The highest BCUT2D eigenvalue weighted by Gasteiger charge is 2.16. The standard InChI is InChI=1S/C27H26N2O5/c1-32-20-12-9-19(10-13-20)29-17-24(22-6-4-5-7-23(22)27(29)31)26(30)28-15-14-18-8-11-21(33-2)16-25(18)34-3/h4-13,16-17H,14-15H2,1-3H3,(H,28,30). The summed E-state index contributed by atoms with van der Waals surface area (Å²) in [5.41, 5.74) is 1.83. The van der Waals surface area contributed by atoms with Crippen molar-refractivity contribution in [3.05, 3.63) is 94.4 Å². The molecule has 0 atom stereocenters. The summed E-state index contributed by atoms with van der Waals surface area (Å²) in [5.74, 6) is 1.83. The molecule has 0 unspecified atom stereocenters. The van der Waals surface area contributed by atoms with Crippen LogP contribution in [0.4, 0.5) is 0 Å². The van der Waals surface area contributed by atoms with Crippen LogP contribution in [0.3, 0.4) is 0 Å². The molecule has 34 heavy (non-hydrogen) atoms. The molecule has 0 aliphatic rings. The van der Waals surface area contributed by atoms with Crippen molar-refractivity contribution >= 4 is 16.7 Å². The highest BCUT2D eigenvalue weighted by molar-refractivity contribution is 6.06. The molecule has 0 aliphatic heterocycles. The first-order valence-corrected chi connectivity index (χ1v) is 10.8. The van der Waals surface area contributed by atoms with Crippen molar-refractivity contribution in [3.63, 3.8) is 0 Å². The summed E-state index contributed by atoms with van der Waals surface area (Å²) in [6, 6.07) is 19.8. The van der Waals surface area contributed by atoms with Gasteiger partial charge in [-0.05, 0) is 48.4 Å². The van der Waals surface area contributed by atoms with E-state index in [0.29, 0.717) is 52.2 Å². The molecule has 0 saturated heterocycles. The van der Waals surface area contributed by atoms with Crippen LogP contribution in [0.15, 0.2) is 77.7 Å². The zero-order valence-corrected chi connectivity index (χ0v) is 19.3. The Balaban J connectivity index is 1.62. The smallest absolute Gasteiger partial charge is 0.262 e. The number of carbonyl (C=O) groups excluding carboxylic acids is 1. The Morgan fingerprint density at radius 3 is 2.21 bits per heavy atom. The predicted molar refractivity (Wildman–Crippen MR) is 132 cm³/mol. The van der Waals surface area contributed by atoms with E-state index in [2.05, 4.69) is 5.32 Å². The van der Waals surface area contributed by atoms with Crippen LogP contribution < -0.4 is 25.1 Å². The van der Waals surface area contributed by atoms with Crippen molar-refractivity contribution in [2.45, 2.75) is 6.42 Å². The lowest BCUT2D eigenvalue weighted by Crippen LogP contribution is -2.28. The summed E-state index contributed by atoms with van der Waals surface area (Å²) in [6.45, 7) is 0.400. The molecule has 1 heterocycles. The van der Waals surface area contributed by atoms with Crippen molar-refractivity contribution in [2.24, 2.45) is 0 Å². The Hall–Kier alpha value is -4.26. The topological polar surface area (TPSA) is 78.8 Å². The van der Waals surface area contributed by atoms with E-state index < -0.39 is 0 Å². The number of nitrogens with one attached hydrogen (secondary N) is 1. The molecule has 0 bridgehead atoms. The van der Waals surface area contributed by atoms with E-state index in [-0.39, 0.29) is 11.5 Å². The Morgan fingerprint density at radius 2 is 1.53 bits per heavy atom. The molecule has 7 heteroatoms. The van der Waals surface area contributed by atoms with Gasteiger partial charge in [0.25, 0.3) is 11.5 Å². The fourth-order valence-electron chi connectivity index (χ4n) is 3.87.